The highest BCUT2D eigenvalue weighted by molar-refractivity contribution is 5.18. The van der Waals surface area contributed by atoms with E-state index in [9.17, 15) is 9.50 Å². The summed E-state index contributed by atoms with van der Waals surface area (Å²) in [5.74, 6) is 0.453. The van der Waals surface area contributed by atoms with Crippen LogP contribution in [0.4, 0.5) is 4.39 Å². The SMILES string of the molecule is CCn1ncnc1CC(C)(O)Cc1cccc(F)c1. The Kier molecular flexibility index (Phi) is 3.95. The number of rotatable bonds is 5. The summed E-state index contributed by atoms with van der Waals surface area (Å²) in [6.45, 7) is 4.41. The van der Waals surface area contributed by atoms with Crippen molar-refractivity contribution in [3.63, 3.8) is 0 Å². The number of nitrogens with zero attached hydrogens (tertiary/aromatic N) is 3. The van der Waals surface area contributed by atoms with Crippen LogP contribution in [-0.2, 0) is 19.4 Å². The van der Waals surface area contributed by atoms with Crippen molar-refractivity contribution in [3.8, 4) is 0 Å². The molecule has 0 aliphatic carbocycles. The molecule has 0 radical (unpaired) electrons. The number of aliphatic hydroxyl groups is 1. The van der Waals surface area contributed by atoms with E-state index in [1.807, 2.05) is 13.0 Å². The highest BCUT2D eigenvalue weighted by Crippen LogP contribution is 2.18. The molecule has 1 heterocycles. The number of aromatic nitrogens is 3. The highest BCUT2D eigenvalue weighted by Gasteiger charge is 2.24. The van der Waals surface area contributed by atoms with Crippen LogP contribution in [0.25, 0.3) is 0 Å². The van der Waals surface area contributed by atoms with Gasteiger partial charge in [0.2, 0.25) is 0 Å². The van der Waals surface area contributed by atoms with Gasteiger partial charge in [-0.3, -0.25) is 4.68 Å². The van der Waals surface area contributed by atoms with Crippen LogP contribution < -0.4 is 0 Å². The van der Waals surface area contributed by atoms with Crippen LogP contribution in [0.3, 0.4) is 0 Å². The summed E-state index contributed by atoms with van der Waals surface area (Å²) >= 11 is 0. The molecule has 0 spiro atoms. The van der Waals surface area contributed by atoms with Gasteiger partial charge < -0.3 is 5.11 Å². The standard InChI is InChI=1S/C14H18FN3O/c1-3-18-13(16-10-17-18)9-14(2,19)8-11-5-4-6-12(15)7-11/h4-7,10,19H,3,8-9H2,1-2H3. The smallest absolute Gasteiger partial charge is 0.138 e. The fraction of sp³-hybridized carbons (Fsp3) is 0.429. The first-order valence-electron chi connectivity index (χ1n) is 6.34. The Labute approximate surface area is 111 Å². The van der Waals surface area contributed by atoms with Crippen LogP contribution >= 0.6 is 0 Å². The van der Waals surface area contributed by atoms with Crippen LogP contribution in [-0.4, -0.2) is 25.5 Å². The quantitative estimate of drug-likeness (QED) is 0.897. The Morgan fingerprint density at radius 1 is 1.37 bits per heavy atom. The molecule has 1 atom stereocenters. The van der Waals surface area contributed by atoms with E-state index in [2.05, 4.69) is 10.1 Å². The van der Waals surface area contributed by atoms with Crippen molar-refractivity contribution < 1.29 is 9.50 Å². The van der Waals surface area contributed by atoms with E-state index in [0.29, 0.717) is 19.4 Å². The molecule has 1 aromatic carbocycles. The molecule has 1 aromatic heterocycles. The Bertz CT molecular complexity index is 551. The summed E-state index contributed by atoms with van der Waals surface area (Å²) in [6.07, 6.45) is 2.25. The zero-order valence-corrected chi connectivity index (χ0v) is 11.2. The van der Waals surface area contributed by atoms with E-state index in [1.165, 1.54) is 18.5 Å². The summed E-state index contributed by atoms with van der Waals surface area (Å²) in [4.78, 5) is 4.15. The average molecular weight is 263 g/mol. The van der Waals surface area contributed by atoms with Gasteiger partial charge in [-0.15, -0.1) is 0 Å². The van der Waals surface area contributed by atoms with Crippen molar-refractivity contribution in [3.05, 3.63) is 47.8 Å². The fourth-order valence-corrected chi connectivity index (χ4v) is 2.18. The molecule has 2 aromatic rings. The van der Waals surface area contributed by atoms with Gasteiger partial charge in [0.25, 0.3) is 0 Å². The van der Waals surface area contributed by atoms with Crippen molar-refractivity contribution in [1.29, 1.82) is 0 Å². The molecule has 0 saturated carbocycles. The van der Waals surface area contributed by atoms with E-state index in [0.717, 1.165) is 11.4 Å². The molecule has 0 saturated heterocycles. The zero-order chi connectivity index (χ0) is 13.9. The van der Waals surface area contributed by atoms with Gasteiger partial charge in [-0.2, -0.15) is 5.10 Å². The molecule has 1 N–H and O–H groups in total. The lowest BCUT2D eigenvalue weighted by atomic mass is 9.93. The molecule has 1 unspecified atom stereocenters. The van der Waals surface area contributed by atoms with Crippen molar-refractivity contribution in [2.45, 2.75) is 38.8 Å². The first-order chi connectivity index (χ1) is 9.00. The third-order valence-corrected chi connectivity index (χ3v) is 3.01. The maximum Gasteiger partial charge on any atom is 0.138 e. The molecule has 2 rings (SSSR count). The number of hydrogen-bond donors (Lipinski definition) is 1. The Morgan fingerprint density at radius 3 is 2.84 bits per heavy atom. The molecule has 102 valence electrons. The van der Waals surface area contributed by atoms with Gasteiger partial charge in [-0.25, -0.2) is 9.37 Å². The Hall–Kier alpha value is -1.75. The first kappa shape index (κ1) is 13.7. The van der Waals surface area contributed by atoms with E-state index in [4.69, 9.17) is 0 Å². The molecule has 0 aliphatic rings. The summed E-state index contributed by atoms with van der Waals surface area (Å²) in [7, 11) is 0. The molecule has 0 aliphatic heterocycles. The van der Waals surface area contributed by atoms with Gasteiger partial charge in [-0.05, 0) is 31.5 Å². The second-order valence-electron chi connectivity index (χ2n) is 4.97. The molecule has 0 fully saturated rings. The van der Waals surface area contributed by atoms with E-state index in [1.54, 1.807) is 17.7 Å². The highest BCUT2D eigenvalue weighted by atomic mass is 19.1. The summed E-state index contributed by atoms with van der Waals surface area (Å²) < 4.78 is 14.9. The lowest BCUT2D eigenvalue weighted by molar-refractivity contribution is 0.0575. The van der Waals surface area contributed by atoms with Crippen LogP contribution in [0.15, 0.2) is 30.6 Å². The monoisotopic (exact) mass is 263 g/mol. The van der Waals surface area contributed by atoms with Gasteiger partial charge in [0.05, 0.1) is 5.60 Å². The molecule has 0 amide bonds. The fourth-order valence-electron chi connectivity index (χ4n) is 2.18. The third-order valence-electron chi connectivity index (χ3n) is 3.01. The van der Waals surface area contributed by atoms with Gasteiger partial charge in [-0.1, -0.05) is 12.1 Å². The number of halogens is 1. The van der Waals surface area contributed by atoms with Crippen LogP contribution in [0.5, 0.6) is 0 Å². The summed E-state index contributed by atoms with van der Waals surface area (Å²) in [5.41, 5.74) is -0.208. The normalized spacial score (nSPS) is 14.3. The molecular formula is C14H18FN3O. The second-order valence-corrected chi connectivity index (χ2v) is 4.97. The molecule has 4 nitrogen and oxygen atoms in total. The zero-order valence-electron chi connectivity index (χ0n) is 11.2. The molecule has 0 bridgehead atoms. The number of aryl methyl sites for hydroxylation is 1. The minimum Gasteiger partial charge on any atom is -0.389 e. The van der Waals surface area contributed by atoms with Gasteiger partial charge in [0, 0.05) is 19.4 Å². The predicted octanol–water partition coefficient (Wildman–Crippen LogP) is 1.97. The van der Waals surface area contributed by atoms with E-state index >= 15 is 0 Å². The minimum atomic E-state index is -0.978. The molecular weight excluding hydrogens is 245 g/mol. The summed E-state index contributed by atoms with van der Waals surface area (Å²) in [5, 5.41) is 14.5. The minimum absolute atomic E-state index is 0.287. The van der Waals surface area contributed by atoms with Crippen LogP contribution in [0.1, 0.15) is 25.2 Å². The Morgan fingerprint density at radius 2 is 2.16 bits per heavy atom. The van der Waals surface area contributed by atoms with Crippen LogP contribution in [0.2, 0.25) is 0 Å². The number of benzene rings is 1. The third kappa shape index (κ3) is 3.61. The van der Waals surface area contributed by atoms with Crippen LogP contribution in [0, 0.1) is 5.82 Å². The van der Waals surface area contributed by atoms with E-state index < -0.39 is 5.60 Å². The summed E-state index contributed by atoms with van der Waals surface area (Å²) in [6, 6.07) is 6.29. The van der Waals surface area contributed by atoms with Gasteiger partial charge in [0.15, 0.2) is 0 Å². The maximum atomic E-state index is 13.1. The predicted molar refractivity (Wildman–Crippen MR) is 70.1 cm³/mol. The van der Waals surface area contributed by atoms with Crippen molar-refractivity contribution in [2.24, 2.45) is 0 Å². The topological polar surface area (TPSA) is 50.9 Å². The van der Waals surface area contributed by atoms with Crippen molar-refractivity contribution >= 4 is 0 Å². The van der Waals surface area contributed by atoms with Crippen molar-refractivity contribution in [2.75, 3.05) is 0 Å². The van der Waals surface area contributed by atoms with Gasteiger partial charge >= 0.3 is 0 Å². The number of hydrogen-bond acceptors (Lipinski definition) is 3. The lowest BCUT2D eigenvalue weighted by Gasteiger charge is -2.23. The second kappa shape index (κ2) is 5.48. The van der Waals surface area contributed by atoms with E-state index in [-0.39, 0.29) is 5.82 Å². The Balaban J connectivity index is 2.10. The first-order valence-corrected chi connectivity index (χ1v) is 6.34. The lowest BCUT2D eigenvalue weighted by Crippen LogP contribution is -2.31. The molecule has 19 heavy (non-hydrogen) atoms. The average Bonchev–Trinajstić information content (AvgIpc) is 2.74. The van der Waals surface area contributed by atoms with Crippen molar-refractivity contribution in [1.82, 2.24) is 14.8 Å². The maximum absolute atomic E-state index is 13.1. The molecule has 5 heteroatoms. The largest absolute Gasteiger partial charge is 0.389 e. The van der Waals surface area contributed by atoms with Gasteiger partial charge in [0.1, 0.15) is 18.0 Å².